The van der Waals surface area contributed by atoms with E-state index in [1.165, 1.54) is 11.1 Å². The first-order valence-corrected chi connectivity index (χ1v) is 7.88. The molecule has 1 atom stereocenters. The molecule has 0 radical (unpaired) electrons. The van der Waals surface area contributed by atoms with Crippen LogP contribution in [0.15, 0.2) is 24.3 Å². The van der Waals surface area contributed by atoms with Gasteiger partial charge in [-0.2, -0.15) is 0 Å². The molecule has 0 saturated carbocycles. The van der Waals surface area contributed by atoms with Crippen LogP contribution in [-0.2, 0) is 6.54 Å². The summed E-state index contributed by atoms with van der Waals surface area (Å²) in [7, 11) is 4.22. The van der Waals surface area contributed by atoms with Crippen LogP contribution in [0.5, 0.6) is 0 Å². The molecular formula is C16H23ClN4. The number of halogens is 1. The van der Waals surface area contributed by atoms with Gasteiger partial charge in [0.05, 0.1) is 0 Å². The summed E-state index contributed by atoms with van der Waals surface area (Å²) < 4.78 is 0. The molecule has 1 aliphatic rings. The molecule has 0 bridgehead atoms. The van der Waals surface area contributed by atoms with E-state index in [0.29, 0.717) is 6.04 Å². The van der Waals surface area contributed by atoms with E-state index in [4.69, 9.17) is 11.6 Å². The van der Waals surface area contributed by atoms with Gasteiger partial charge in [0.1, 0.15) is 0 Å². The van der Waals surface area contributed by atoms with Gasteiger partial charge in [0.2, 0.25) is 0 Å². The Kier molecular flexibility index (Phi) is 4.50. The molecule has 3 rings (SSSR count). The van der Waals surface area contributed by atoms with Crippen molar-refractivity contribution >= 4 is 22.5 Å². The fourth-order valence-electron chi connectivity index (χ4n) is 3.15. The fraction of sp³-hybridized carbons (Fsp3) is 0.500. The predicted molar refractivity (Wildman–Crippen MR) is 88.9 cm³/mol. The lowest BCUT2D eigenvalue weighted by Gasteiger charge is -2.39. The van der Waals surface area contributed by atoms with Gasteiger partial charge >= 0.3 is 0 Å². The number of piperazine rings is 1. The second kappa shape index (κ2) is 6.36. The van der Waals surface area contributed by atoms with E-state index in [-0.39, 0.29) is 0 Å². The first-order chi connectivity index (χ1) is 10.2. The lowest BCUT2D eigenvalue weighted by atomic mass is 10.1. The molecule has 1 aliphatic heterocycles. The maximum Gasteiger partial charge on any atom is 0.0457 e. The van der Waals surface area contributed by atoms with Crippen LogP contribution in [0.4, 0.5) is 0 Å². The molecule has 1 fully saturated rings. The molecule has 2 N–H and O–H groups in total. The summed E-state index contributed by atoms with van der Waals surface area (Å²) in [5, 5.41) is 5.30. The zero-order valence-corrected chi connectivity index (χ0v) is 13.5. The average molecular weight is 307 g/mol. The Morgan fingerprint density at radius 1 is 1.33 bits per heavy atom. The van der Waals surface area contributed by atoms with Crippen molar-refractivity contribution in [3.05, 3.63) is 35.0 Å². The van der Waals surface area contributed by atoms with Gasteiger partial charge in [0, 0.05) is 60.4 Å². The quantitative estimate of drug-likeness (QED) is 0.908. The lowest BCUT2D eigenvalue weighted by Crippen LogP contribution is -2.54. The number of nitrogens with one attached hydrogen (secondary N) is 2. The summed E-state index contributed by atoms with van der Waals surface area (Å²) in [6.07, 6.45) is 0. The number of hydrogen-bond acceptors (Lipinski definition) is 3. The van der Waals surface area contributed by atoms with Crippen LogP contribution in [0.25, 0.3) is 10.9 Å². The Morgan fingerprint density at radius 2 is 2.19 bits per heavy atom. The number of benzene rings is 1. The highest BCUT2D eigenvalue weighted by Crippen LogP contribution is 2.21. The number of hydrogen-bond donors (Lipinski definition) is 2. The highest BCUT2D eigenvalue weighted by molar-refractivity contribution is 6.31. The van der Waals surface area contributed by atoms with Crippen molar-refractivity contribution in [2.75, 3.05) is 40.3 Å². The maximum absolute atomic E-state index is 6.06. The minimum Gasteiger partial charge on any atom is -0.357 e. The molecule has 2 heterocycles. The van der Waals surface area contributed by atoms with Crippen molar-refractivity contribution in [3.8, 4) is 0 Å². The van der Waals surface area contributed by atoms with E-state index in [1.807, 2.05) is 19.2 Å². The predicted octanol–water partition coefficient (Wildman–Crippen LogP) is 2.16. The van der Waals surface area contributed by atoms with E-state index in [1.54, 1.807) is 0 Å². The van der Waals surface area contributed by atoms with Crippen molar-refractivity contribution in [1.82, 2.24) is 20.1 Å². The summed E-state index contributed by atoms with van der Waals surface area (Å²) in [4.78, 5) is 8.47. The van der Waals surface area contributed by atoms with E-state index in [0.717, 1.165) is 43.3 Å². The fourth-order valence-corrected chi connectivity index (χ4v) is 3.33. The molecule has 1 aromatic carbocycles. The van der Waals surface area contributed by atoms with Gasteiger partial charge in [0.25, 0.3) is 0 Å². The Morgan fingerprint density at radius 3 is 3.00 bits per heavy atom. The first-order valence-electron chi connectivity index (χ1n) is 7.50. The minimum absolute atomic E-state index is 0.559. The van der Waals surface area contributed by atoms with Crippen molar-refractivity contribution in [2.24, 2.45) is 0 Å². The first kappa shape index (κ1) is 14.9. The zero-order valence-electron chi connectivity index (χ0n) is 12.7. The Bertz CT molecular complexity index is 609. The highest BCUT2D eigenvalue weighted by atomic mass is 35.5. The Balaban J connectivity index is 1.76. The van der Waals surface area contributed by atoms with E-state index in [9.17, 15) is 0 Å². The monoisotopic (exact) mass is 306 g/mol. The largest absolute Gasteiger partial charge is 0.357 e. The molecule has 1 unspecified atom stereocenters. The third-order valence-electron chi connectivity index (χ3n) is 4.26. The summed E-state index contributed by atoms with van der Waals surface area (Å²) in [5.41, 5.74) is 2.42. The van der Waals surface area contributed by atoms with Crippen LogP contribution >= 0.6 is 11.6 Å². The standard InChI is InChI=1S/C16H23ClN4/c1-18-9-15-11-20(2)5-6-21(15)10-14-8-12-7-13(17)3-4-16(12)19-14/h3-4,7-8,15,18-19H,5-6,9-11H2,1-2H3. The zero-order chi connectivity index (χ0) is 14.8. The molecule has 114 valence electrons. The molecule has 5 heteroatoms. The SMILES string of the molecule is CNCC1CN(C)CCN1Cc1cc2cc(Cl)ccc2[nH]1. The minimum atomic E-state index is 0.559. The topological polar surface area (TPSA) is 34.3 Å². The molecule has 0 amide bonds. The number of aromatic nitrogens is 1. The number of likely N-dealkylation sites (N-methyl/N-ethyl adjacent to an activating group) is 2. The van der Waals surface area contributed by atoms with Crippen LogP contribution in [0.2, 0.25) is 5.02 Å². The second-order valence-electron chi connectivity index (χ2n) is 5.97. The number of H-pyrrole nitrogens is 1. The van der Waals surface area contributed by atoms with Gasteiger partial charge in [-0.05, 0) is 38.4 Å². The summed E-state index contributed by atoms with van der Waals surface area (Å²) >= 11 is 6.06. The molecule has 0 spiro atoms. The maximum atomic E-state index is 6.06. The highest BCUT2D eigenvalue weighted by Gasteiger charge is 2.24. The van der Waals surface area contributed by atoms with Gasteiger partial charge in [-0.3, -0.25) is 4.90 Å². The van der Waals surface area contributed by atoms with Gasteiger partial charge in [-0.15, -0.1) is 0 Å². The van der Waals surface area contributed by atoms with Crippen molar-refractivity contribution in [3.63, 3.8) is 0 Å². The van der Waals surface area contributed by atoms with Crippen LogP contribution in [0.1, 0.15) is 5.69 Å². The number of fused-ring (bicyclic) bond motifs is 1. The van der Waals surface area contributed by atoms with Gasteiger partial charge in [0.15, 0.2) is 0 Å². The number of rotatable bonds is 4. The van der Waals surface area contributed by atoms with Crippen molar-refractivity contribution in [2.45, 2.75) is 12.6 Å². The number of nitrogens with zero attached hydrogens (tertiary/aromatic N) is 2. The molecular weight excluding hydrogens is 284 g/mol. The van der Waals surface area contributed by atoms with E-state index < -0.39 is 0 Å². The summed E-state index contributed by atoms with van der Waals surface area (Å²) in [6, 6.07) is 8.78. The third kappa shape index (κ3) is 3.40. The smallest absolute Gasteiger partial charge is 0.0457 e. The third-order valence-corrected chi connectivity index (χ3v) is 4.49. The lowest BCUT2D eigenvalue weighted by molar-refractivity contribution is 0.0832. The Labute approximate surface area is 131 Å². The summed E-state index contributed by atoms with van der Waals surface area (Å²) in [6.45, 7) is 5.35. The molecule has 2 aromatic rings. The normalized spacial score (nSPS) is 21.2. The Hall–Kier alpha value is -1.07. The van der Waals surface area contributed by atoms with Gasteiger partial charge in [-0.1, -0.05) is 11.6 Å². The van der Waals surface area contributed by atoms with Crippen molar-refractivity contribution in [1.29, 1.82) is 0 Å². The van der Waals surface area contributed by atoms with E-state index >= 15 is 0 Å². The second-order valence-corrected chi connectivity index (χ2v) is 6.41. The van der Waals surface area contributed by atoms with Crippen LogP contribution in [-0.4, -0.2) is 61.1 Å². The van der Waals surface area contributed by atoms with E-state index in [2.05, 4.69) is 39.3 Å². The van der Waals surface area contributed by atoms with Crippen molar-refractivity contribution < 1.29 is 0 Å². The molecule has 4 nitrogen and oxygen atoms in total. The van der Waals surface area contributed by atoms with Crippen LogP contribution < -0.4 is 5.32 Å². The molecule has 1 saturated heterocycles. The van der Waals surface area contributed by atoms with Gasteiger partial charge in [-0.25, -0.2) is 0 Å². The molecule has 21 heavy (non-hydrogen) atoms. The summed E-state index contributed by atoms with van der Waals surface area (Å²) in [5.74, 6) is 0. The average Bonchev–Trinajstić information content (AvgIpc) is 2.83. The van der Waals surface area contributed by atoms with Crippen LogP contribution in [0, 0.1) is 0 Å². The molecule has 1 aromatic heterocycles. The number of aromatic amines is 1. The van der Waals surface area contributed by atoms with Gasteiger partial charge < -0.3 is 15.2 Å². The molecule has 0 aliphatic carbocycles. The van der Waals surface area contributed by atoms with Crippen LogP contribution in [0.3, 0.4) is 0 Å².